The second kappa shape index (κ2) is 14.6. The first-order chi connectivity index (χ1) is 20.7. The van der Waals surface area contributed by atoms with Gasteiger partial charge in [0.25, 0.3) is 10.0 Å². The molecule has 7 nitrogen and oxygen atoms in total. The van der Waals surface area contributed by atoms with Gasteiger partial charge in [0, 0.05) is 19.5 Å². The van der Waals surface area contributed by atoms with Crippen molar-refractivity contribution >= 4 is 27.5 Å². The number of anilines is 1. The molecule has 224 valence electrons. The van der Waals surface area contributed by atoms with Gasteiger partial charge in [-0.15, -0.1) is 0 Å². The standard InChI is InChI=1S/C35H39N3O4S/c1-4-30-18-12-13-19-32(30)38(43(41,42)31-22-20-27(3)21-23-31)26-34(39)37(25-29-16-10-7-11-17-29)33(35(40)36-5-2)24-28-14-8-6-9-15-28/h6-23,33H,4-5,24-26H2,1-3H3,(H,36,40)/t33-/m1/s1. The lowest BCUT2D eigenvalue weighted by Crippen LogP contribution is -2.53. The van der Waals surface area contributed by atoms with Crippen molar-refractivity contribution in [1.82, 2.24) is 10.2 Å². The Morgan fingerprint density at radius 3 is 1.95 bits per heavy atom. The second-order valence-corrected chi connectivity index (χ2v) is 12.3. The number of benzene rings is 4. The van der Waals surface area contributed by atoms with Gasteiger partial charge in [-0.1, -0.05) is 103 Å². The van der Waals surface area contributed by atoms with Crippen molar-refractivity contribution in [2.75, 3.05) is 17.4 Å². The molecule has 0 heterocycles. The highest BCUT2D eigenvalue weighted by Gasteiger charge is 2.35. The Labute approximate surface area is 255 Å². The van der Waals surface area contributed by atoms with Crippen LogP contribution in [0.1, 0.15) is 36.1 Å². The smallest absolute Gasteiger partial charge is 0.264 e. The highest BCUT2D eigenvalue weighted by molar-refractivity contribution is 7.92. The molecular formula is C35H39N3O4S. The van der Waals surface area contributed by atoms with Crippen molar-refractivity contribution < 1.29 is 18.0 Å². The van der Waals surface area contributed by atoms with E-state index in [1.54, 1.807) is 36.4 Å². The van der Waals surface area contributed by atoms with Crippen LogP contribution in [-0.2, 0) is 39.0 Å². The number of sulfonamides is 1. The van der Waals surface area contributed by atoms with Crippen LogP contribution in [-0.4, -0.2) is 44.3 Å². The highest BCUT2D eigenvalue weighted by Crippen LogP contribution is 2.28. The Kier molecular flexibility index (Phi) is 10.7. The minimum atomic E-state index is -4.13. The number of amides is 2. The molecule has 0 spiro atoms. The predicted octanol–water partition coefficient (Wildman–Crippen LogP) is 5.53. The summed E-state index contributed by atoms with van der Waals surface area (Å²) in [6.07, 6.45) is 0.856. The number of rotatable bonds is 13. The molecule has 4 aromatic rings. The molecule has 0 unspecified atom stereocenters. The van der Waals surface area contributed by atoms with Crippen molar-refractivity contribution in [3.8, 4) is 0 Å². The lowest BCUT2D eigenvalue weighted by molar-refractivity contribution is -0.140. The quantitative estimate of drug-likeness (QED) is 0.220. The van der Waals surface area contributed by atoms with Crippen LogP contribution in [0, 0.1) is 6.92 Å². The molecule has 43 heavy (non-hydrogen) atoms. The predicted molar refractivity (Wildman–Crippen MR) is 171 cm³/mol. The number of carbonyl (C=O) groups excluding carboxylic acids is 2. The number of nitrogens with one attached hydrogen (secondary N) is 1. The van der Waals surface area contributed by atoms with E-state index in [4.69, 9.17) is 0 Å². The van der Waals surface area contributed by atoms with Gasteiger partial charge in [-0.25, -0.2) is 8.42 Å². The van der Waals surface area contributed by atoms with Crippen LogP contribution in [0.4, 0.5) is 5.69 Å². The first kappa shape index (κ1) is 31.5. The molecule has 0 fully saturated rings. The third-order valence-corrected chi connectivity index (χ3v) is 9.12. The minimum Gasteiger partial charge on any atom is -0.355 e. The van der Waals surface area contributed by atoms with Crippen LogP contribution in [0.2, 0.25) is 0 Å². The molecule has 0 saturated heterocycles. The second-order valence-electron chi connectivity index (χ2n) is 10.4. The average Bonchev–Trinajstić information content (AvgIpc) is 3.02. The number of aryl methyl sites for hydroxylation is 2. The molecule has 0 aliphatic heterocycles. The molecule has 0 aliphatic carbocycles. The van der Waals surface area contributed by atoms with Crippen molar-refractivity contribution in [2.24, 2.45) is 0 Å². The number of hydrogen-bond acceptors (Lipinski definition) is 4. The number of para-hydroxylation sites is 1. The van der Waals surface area contributed by atoms with Crippen LogP contribution in [0.3, 0.4) is 0 Å². The Bertz CT molecular complexity index is 1610. The summed E-state index contributed by atoms with van der Waals surface area (Å²) in [5, 5.41) is 2.89. The summed E-state index contributed by atoms with van der Waals surface area (Å²) in [7, 11) is -4.13. The van der Waals surface area contributed by atoms with Gasteiger partial charge in [-0.2, -0.15) is 0 Å². The Morgan fingerprint density at radius 2 is 1.35 bits per heavy atom. The molecule has 0 saturated carbocycles. The zero-order chi connectivity index (χ0) is 30.8. The summed E-state index contributed by atoms with van der Waals surface area (Å²) in [6, 6.07) is 31.9. The number of nitrogens with zero attached hydrogens (tertiary/aromatic N) is 2. The molecule has 0 bridgehead atoms. The van der Waals surface area contributed by atoms with Gasteiger partial charge in [-0.3, -0.25) is 13.9 Å². The van der Waals surface area contributed by atoms with E-state index in [9.17, 15) is 18.0 Å². The van der Waals surface area contributed by atoms with Crippen molar-refractivity contribution in [2.45, 2.75) is 51.1 Å². The van der Waals surface area contributed by atoms with Gasteiger partial charge < -0.3 is 10.2 Å². The largest absolute Gasteiger partial charge is 0.355 e. The van der Waals surface area contributed by atoms with Crippen molar-refractivity contribution in [3.63, 3.8) is 0 Å². The molecule has 0 aromatic heterocycles. The lowest BCUT2D eigenvalue weighted by atomic mass is 10.0. The van der Waals surface area contributed by atoms with Crippen LogP contribution in [0.15, 0.2) is 114 Å². The van der Waals surface area contributed by atoms with E-state index in [2.05, 4.69) is 5.32 Å². The average molecular weight is 598 g/mol. The summed E-state index contributed by atoms with van der Waals surface area (Å²) in [6.45, 7) is 5.74. The van der Waals surface area contributed by atoms with Crippen LogP contribution in [0.5, 0.6) is 0 Å². The lowest BCUT2D eigenvalue weighted by Gasteiger charge is -2.34. The normalized spacial score (nSPS) is 11.9. The molecule has 1 N–H and O–H groups in total. The van der Waals surface area contributed by atoms with Gasteiger partial charge >= 0.3 is 0 Å². The monoisotopic (exact) mass is 597 g/mol. The molecule has 1 atom stereocenters. The number of carbonyl (C=O) groups is 2. The molecular weight excluding hydrogens is 558 g/mol. The van der Waals surface area contributed by atoms with E-state index in [1.165, 1.54) is 9.21 Å². The Morgan fingerprint density at radius 1 is 0.767 bits per heavy atom. The Balaban J connectivity index is 1.81. The van der Waals surface area contributed by atoms with E-state index < -0.39 is 28.5 Å². The van der Waals surface area contributed by atoms with Crippen LogP contribution >= 0.6 is 0 Å². The molecule has 8 heteroatoms. The fourth-order valence-electron chi connectivity index (χ4n) is 5.03. The molecule has 0 aliphatic rings. The van der Waals surface area contributed by atoms with E-state index in [-0.39, 0.29) is 23.8 Å². The summed E-state index contributed by atoms with van der Waals surface area (Å²) in [5.41, 5.74) is 3.89. The zero-order valence-electron chi connectivity index (χ0n) is 24.9. The summed E-state index contributed by atoms with van der Waals surface area (Å²) in [5.74, 6) is -0.768. The van der Waals surface area contributed by atoms with E-state index in [1.807, 2.05) is 93.6 Å². The van der Waals surface area contributed by atoms with Gasteiger partial charge in [0.15, 0.2) is 0 Å². The fraction of sp³-hybridized carbons (Fsp3) is 0.257. The van der Waals surface area contributed by atoms with Gasteiger partial charge in [-0.05, 0) is 55.2 Å². The maximum atomic E-state index is 14.4. The number of hydrogen-bond donors (Lipinski definition) is 1. The minimum absolute atomic E-state index is 0.0935. The zero-order valence-corrected chi connectivity index (χ0v) is 25.8. The SMILES string of the molecule is CCNC(=O)[C@@H](Cc1ccccc1)N(Cc1ccccc1)C(=O)CN(c1ccccc1CC)S(=O)(=O)c1ccc(C)cc1. The van der Waals surface area contributed by atoms with Crippen molar-refractivity contribution in [1.29, 1.82) is 0 Å². The molecule has 0 radical (unpaired) electrons. The summed E-state index contributed by atoms with van der Waals surface area (Å²) >= 11 is 0. The van der Waals surface area contributed by atoms with Crippen molar-refractivity contribution in [3.05, 3.63) is 131 Å². The van der Waals surface area contributed by atoms with E-state index in [0.29, 0.717) is 18.7 Å². The third-order valence-electron chi connectivity index (χ3n) is 7.35. The van der Waals surface area contributed by atoms with Gasteiger partial charge in [0.2, 0.25) is 11.8 Å². The van der Waals surface area contributed by atoms with Gasteiger partial charge in [0.05, 0.1) is 10.6 Å². The summed E-state index contributed by atoms with van der Waals surface area (Å²) in [4.78, 5) is 29.6. The topological polar surface area (TPSA) is 86.8 Å². The summed E-state index contributed by atoms with van der Waals surface area (Å²) < 4.78 is 29.6. The number of likely N-dealkylation sites (N-methyl/N-ethyl adjacent to an activating group) is 1. The maximum Gasteiger partial charge on any atom is 0.264 e. The first-order valence-corrected chi connectivity index (χ1v) is 16.0. The third kappa shape index (κ3) is 7.90. The van der Waals surface area contributed by atoms with Crippen LogP contribution < -0.4 is 9.62 Å². The molecule has 2 amide bonds. The Hall–Kier alpha value is -4.43. The highest BCUT2D eigenvalue weighted by atomic mass is 32.2. The fourth-order valence-corrected chi connectivity index (χ4v) is 6.48. The first-order valence-electron chi connectivity index (χ1n) is 14.6. The van der Waals surface area contributed by atoms with E-state index >= 15 is 0 Å². The molecule has 4 aromatic carbocycles. The molecule has 4 rings (SSSR count). The maximum absolute atomic E-state index is 14.4. The van der Waals surface area contributed by atoms with E-state index in [0.717, 1.165) is 22.3 Å². The van der Waals surface area contributed by atoms with Crippen LogP contribution in [0.25, 0.3) is 0 Å². The van der Waals surface area contributed by atoms with Gasteiger partial charge in [0.1, 0.15) is 12.6 Å².